The van der Waals surface area contributed by atoms with Crippen molar-refractivity contribution in [3.05, 3.63) is 35.8 Å². The summed E-state index contributed by atoms with van der Waals surface area (Å²) in [5.74, 6) is 0. The number of hydrogen-bond acceptors (Lipinski definition) is 5. The maximum absolute atomic E-state index is 9.08. The van der Waals surface area contributed by atoms with Crippen molar-refractivity contribution in [3.63, 3.8) is 0 Å². The van der Waals surface area contributed by atoms with E-state index in [1.807, 2.05) is 22.9 Å². The minimum absolute atomic E-state index is 0.266. The summed E-state index contributed by atoms with van der Waals surface area (Å²) >= 11 is 0. The Morgan fingerprint density at radius 2 is 2.17 bits per heavy atom. The van der Waals surface area contributed by atoms with Gasteiger partial charge in [0.05, 0.1) is 17.5 Å². The summed E-state index contributed by atoms with van der Waals surface area (Å²) in [6.07, 6.45) is 6.94. The summed E-state index contributed by atoms with van der Waals surface area (Å²) in [7, 11) is 2.16. The second kappa shape index (κ2) is 7.75. The second-order valence-corrected chi connectivity index (χ2v) is 6.57. The molecule has 0 aromatic carbocycles. The molecule has 1 aliphatic rings. The maximum Gasteiger partial charge on any atom is 0.137 e. The van der Waals surface area contributed by atoms with Gasteiger partial charge in [-0.3, -0.25) is 4.90 Å². The number of rotatable bonds is 6. The molecule has 128 valence electrons. The summed E-state index contributed by atoms with van der Waals surface area (Å²) in [6.45, 7) is 4.23. The van der Waals surface area contributed by atoms with E-state index in [-0.39, 0.29) is 6.61 Å². The predicted octanol–water partition coefficient (Wildman–Crippen LogP) is 1.48. The van der Waals surface area contributed by atoms with E-state index in [0.29, 0.717) is 11.6 Å². The van der Waals surface area contributed by atoms with Gasteiger partial charge in [-0.1, -0.05) is 0 Å². The molecule has 0 aliphatic carbocycles. The lowest BCUT2D eigenvalue weighted by molar-refractivity contribution is 0.116. The number of fused-ring (bicyclic) bond motifs is 1. The van der Waals surface area contributed by atoms with Crippen LogP contribution in [0.3, 0.4) is 0 Å². The molecule has 0 radical (unpaired) electrons. The van der Waals surface area contributed by atoms with E-state index in [4.69, 9.17) is 10.4 Å². The van der Waals surface area contributed by atoms with Crippen LogP contribution >= 0.6 is 0 Å². The smallest absolute Gasteiger partial charge is 0.137 e. The highest BCUT2D eigenvalue weighted by molar-refractivity contribution is 5.44. The topological polar surface area (TPSA) is 67.8 Å². The van der Waals surface area contributed by atoms with Gasteiger partial charge in [-0.05, 0) is 38.4 Å². The standard InChI is InChI=1S/C18H25N5O/c1-21(7-2-10-24)16-5-8-22(9-6-16)14-17-12-20-18-4-3-15(11-19)13-23(17)18/h3-4,12-13,16,24H,2,5-10,14H2,1H3. The van der Waals surface area contributed by atoms with E-state index < -0.39 is 0 Å². The molecule has 2 aromatic rings. The van der Waals surface area contributed by atoms with Crippen LogP contribution < -0.4 is 0 Å². The molecule has 0 amide bonds. The number of aromatic nitrogens is 2. The molecule has 6 nitrogen and oxygen atoms in total. The average molecular weight is 327 g/mol. The fourth-order valence-corrected chi connectivity index (χ4v) is 3.46. The third kappa shape index (κ3) is 3.75. The first-order valence-electron chi connectivity index (χ1n) is 8.61. The van der Waals surface area contributed by atoms with E-state index in [1.54, 1.807) is 6.07 Å². The number of pyridine rings is 1. The van der Waals surface area contributed by atoms with Gasteiger partial charge in [-0.15, -0.1) is 0 Å². The predicted molar refractivity (Wildman–Crippen MR) is 92.5 cm³/mol. The molecular formula is C18H25N5O. The molecule has 6 heteroatoms. The lowest BCUT2D eigenvalue weighted by atomic mass is 10.0. The summed E-state index contributed by atoms with van der Waals surface area (Å²) in [5.41, 5.74) is 2.68. The Bertz CT molecular complexity index is 712. The largest absolute Gasteiger partial charge is 0.396 e. The lowest BCUT2D eigenvalue weighted by Crippen LogP contribution is -2.43. The van der Waals surface area contributed by atoms with Gasteiger partial charge >= 0.3 is 0 Å². The second-order valence-electron chi connectivity index (χ2n) is 6.57. The minimum atomic E-state index is 0.266. The first-order valence-corrected chi connectivity index (χ1v) is 8.61. The van der Waals surface area contributed by atoms with E-state index in [0.717, 1.165) is 56.8 Å². The maximum atomic E-state index is 9.08. The minimum Gasteiger partial charge on any atom is -0.396 e. The monoisotopic (exact) mass is 327 g/mol. The highest BCUT2D eigenvalue weighted by atomic mass is 16.3. The summed E-state index contributed by atoms with van der Waals surface area (Å²) in [4.78, 5) is 9.26. The van der Waals surface area contributed by atoms with Gasteiger partial charge in [0.25, 0.3) is 0 Å². The van der Waals surface area contributed by atoms with Crippen LogP contribution in [0.5, 0.6) is 0 Å². The molecule has 0 bridgehead atoms. The zero-order valence-corrected chi connectivity index (χ0v) is 14.2. The van der Waals surface area contributed by atoms with E-state index in [1.165, 1.54) is 0 Å². The quantitative estimate of drug-likeness (QED) is 0.870. The Balaban J connectivity index is 1.59. The van der Waals surface area contributed by atoms with Gasteiger partial charge in [0.15, 0.2) is 0 Å². The Hall–Kier alpha value is -1.94. The molecule has 2 aromatic heterocycles. The summed E-state index contributed by atoms with van der Waals surface area (Å²) in [5, 5.41) is 18.0. The van der Waals surface area contributed by atoms with Crippen molar-refractivity contribution in [1.82, 2.24) is 19.2 Å². The first kappa shape index (κ1) is 16.9. The molecule has 24 heavy (non-hydrogen) atoms. The highest BCUT2D eigenvalue weighted by Gasteiger charge is 2.22. The Labute approximate surface area is 142 Å². The molecule has 0 spiro atoms. The number of aliphatic hydroxyl groups excluding tert-OH is 1. The average Bonchev–Trinajstić information content (AvgIpc) is 3.02. The normalized spacial score (nSPS) is 16.8. The fourth-order valence-electron chi connectivity index (χ4n) is 3.46. The summed E-state index contributed by atoms with van der Waals surface area (Å²) in [6, 6.07) is 6.50. The number of nitrogens with zero attached hydrogens (tertiary/aromatic N) is 5. The van der Waals surface area contributed by atoms with Crippen LogP contribution in [0.15, 0.2) is 24.5 Å². The third-order valence-electron chi connectivity index (χ3n) is 4.95. The van der Waals surface area contributed by atoms with Crippen LogP contribution in [0.2, 0.25) is 0 Å². The van der Waals surface area contributed by atoms with Gasteiger partial charge in [0.1, 0.15) is 11.7 Å². The van der Waals surface area contributed by atoms with Crippen molar-refractivity contribution >= 4 is 5.65 Å². The molecular weight excluding hydrogens is 302 g/mol. The van der Waals surface area contributed by atoms with Crippen molar-refractivity contribution in [2.75, 3.05) is 33.3 Å². The van der Waals surface area contributed by atoms with Crippen LogP contribution in [-0.2, 0) is 6.54 Å². The van der Waals surface area contributed by atoms with Gasteiger partial charge in [0, 0.05) is 45.0 Å². The number of likely N-dealkylation sites (tertiary alicyclic amines) is 1. The van der Waals surface area contributed by atoms with Crippen molar-refractivity contribution in [1.29, 1.82) is 5.26 Å². The number of nitriles is 1. The molecule has 0 saturated carbocycles. The van der Waals surface area contributed by atoms with Crippen LogP contribution in [0.1, 0.15) is 30.5 Å². The van der Waals surface area contributed by atoms with Crippen LogP contribution in [0.4, 0.5) is 0 Å². The molecule has 3 rings (SSSR count). The lowest BCUT2D eigenvalue weighted by Gasteiger charge is -2.36. The van der Waals surface area contributed by atoms with Crippen molar-refractivity contribution in [3.8, 4) is 6.07 Å². The van der Waals surface area contributed by atoms with E-state index in [9.17, 15) is 0 Å². The van der Waals surface area contributed by atoms with Gasteiger partial charge in [-0.25, -0.2) is 4.98 Å². The van der Waals surface area contributed by atoms with Gasteiger partial charge in [-0.2, -0.15) is 5.26 Å². The number of piperidine rings is 1. The number of hydrogen-bond donors (Lipinski definition) is 1. The molecule has 1 saturated heterocycles. The molecule has 1 N–H and O–H groups in total. The van der Waals surface area contributed by atoms with Gasteiger partial charge < -0.3 is 14.4 Å². The van der Waals surface area contributed by atoms with Crippen molar-refractivity contribution in [2.24, 2.45) is 0 Å². The zero-order chi connectivity index (χ0) is 16.9. The SMILES string of the molecule is CN(CCCO)C1CCN(Cc2cnc3ccc(C#N)cn23)CC1. The molecule has 1 fully saturated rings. The molecule has 0 unspecified atom stereocenters. The number of imidazole rings is 1. The fraction of sp³-hybridized carbons (Fsp3) is 0.556. The highest BCUT2D eigenvalue weighted by Crippen LogP contribution is 2.18. The molecule has 3 heterocycles. The third-order valence-corrected chi connectivity index (χ3v) is 4.95. The molecule has 0 atom stereocenters. The van der Waals surface area contributed by atoms with E-state index in [2.05, 4.69) is 27.9 Å². The Morgan fingerprint density at radius 1 is 1.38 bits per heavy atom. The Morgan fingerprint density at radius 3 is 2.88 bits per heavy atom. The molecule has 1 aliphatic heterocycles. The first-order chi connectivity index (χ1) is 11.7. The van der Waals surface area contributed by atoms with Gasteiger partial charge in [0.2, 0.25) is 0 Å². The van der Waals surface area contributed by atoms with Crippen LogP contribution in [-0.4, -0.2) is 63.6 Å². The number of aliphatic hydroxyl groups is 1. The van der Waals surface area contributed by atoms with Crippen molar-refractivity contribution < 1.29 is 5.11 Å². The van der Waals surface area contributed by atoms with E-state index >= 15 is 0 Å². The van der Waals surface area contributed by atoms with Crippen LogP contribution in [0.25, 0.3) is 5.65 Å². The Kier molecular flexibility index (Phi) is 5.46. The summed E-state index contributed by atoms with van der Waals surface area (Å²) < 4.78 is 2.03. The zero-order valence-electron chi connectivity index (χ0n) is 14.2. The van der Waals surface area contributed by atoms with Crippen LogP contribution in [0, 0.1) is 11.3 Å². The van der Waals surface area contributed by atoms with Crippen molar-refractivity contribution in [2.45, 2.75) is 31.8 Å².